The second kappa shape index (κ2) is 2.45. The van der Waals surface area contributed by atoms with Gasteiger partial charge in [-0.3, -0.25) is 4.79 Å². The van der Waals surface area contributed by atoms with Gasteiger partial charge in [0.15, 0.2) is 0 Å². The Morgan fingerprint density at radius 2 is 1.67 bits per heavy atom. The van der Waals surface area contributed by atoms with Gasteiger partial charge >= 0.3 is 0 Å². The minimum absolute atomic E-state index is 0.0405. The fourth-order valence-corrected chi connectivity index (χ4v) is 1.09. The number of carbonyl (C=O) groups is 1. The Bertz CT molecular complexity index is 109. The first kappa shape index (κ1) is 6.71. The van der Waals surface area contributed by atoms with Gasteiger partial charge in [0.1, 0.15) is 5.78 Å². The van der Waals surface area contributed by atoms with E-state index in [1.165, 1.54) is 0 Å². The zero-order chi connectivity index (χ0) is 6.85. The summed E-state index contributed by atoms with van der Waals surface area (Å²) >= 11 is 0. The van der Waals surface area contributed by atoms with Gasteiger partial charge in [0.25, 0.3) is 0 Å². The van der Waals surface area contributed by atoms with Gasteiger partial charge in [-0.15, -0.1) is 0 Å². The van der Waals surface area contributed by atoms with Crippen molar-refractivity contribution < 1.29 is 15.0 Å². The maximum atomic E-state index is 10.6. The van der Waals surface area contributed by atoms with Gasteiger partial charge in [0.05, 0.1) is 12.2 Å². The molecule has 1 fully saturated rings. The molecule has 0 aromatic rings. The molecule has 0 aliphatic heterocycles. The number of hydrogen-bond donors (Lipinski definition) is 2. The van der Waals surface area contributed by atoms with E-state index in [1.807, 2.05) is 0 Å². The molecule has 0 radical (unpaired) electrons. The van der Waals surface area contributed by atoms with Crippen molar-refractivity contribution in [3.8, 4) is 0 Å². The Labute approximate surface area is 53.3 Å². The molecular formula is C6H10O3. The minimum atomic E-state index is -0.610. The van der Waals surface area contributed by atoms with Crippen molar-refractivity contribution in [2.24, 2.45) is 0 Å². The van der Waals surface area contributed by atoms with Crippen molar-refractivity contribution in [3.05, 3.63) is 0 Å². The molecule has 0 aromatic carbocycles. The number of aliphatic hydroxyl groups is 2. The molecular weight excluding hydrogens is 120 g/mol. The normalized spacial score (nSPS) is 36.9. The van der Waals surface area contributed by atoms with Crippen LogP contribution in [0.3, 0.4) is 0 Å². The minimum Gasteiger partial charge on any atom is -0.393 e. The number of ketones is 1. The van der Waals surface area contributed by atoms with Gasteiger partial charge in [-0.2, -0.15) is 0 Å². The Morgan fingerprint density at radius 3 is 2.00 bits per heavy atom. The Kier molecular flexibility index (Phi) is 1.83. The highest BCUT2D eigenvalue weighted by molar-refractivity contribution is 5.80. The standard InChI is InChI=1S/C6H10O3/c7-4-1-5(8)3-6(9)2-4/h4-5,7-8H,1-3H2/t4-,5-/m1/s1. The van der Waals surface area contributed by atoms with Gasteiger partial charge in [-0.25, -0.2) is 0 Å². The second-order valence-corrected chi connectivity index (χ2v) is 2.49. The lowest BCUT2D eigenvalue weighted by Gasteiger charge is -2.19. The Hall–Kier alpha value is -0.410. The second-order valence-electron chi connectivity index (χ2n) is 2.49. The third-order valence-corrected chi connectivity index (χ3v) is 1.47. The summed E-state index contributed by atoms with van der Waals surface area (Å²) in [7, 11) is 0. The first-order valence-corrected chi connectivity index (χ1v) is 3.06. The largest absolute Gasteiger partial charge is 0.393 e. The lowest BCUT2D eigenvalue weighted by molar-refractivity contribution is -0.126. The molecule has 0 amide bonds. The van der Waals surface area contributed by atoms with Crippen LogP contribution in [-0.2, 0) is 4.79 Å². The van der Waals surface area contributed by atoms with E-state index < -0.39 is 12.2 Å². The highest BCUT2D eigenvalue weighted by Gasteiger charge is 2.23. The van der Waals surface area contributed by atoms with Crippen LogP contribution in [0.1, 0.15) is 19.3 Å². The van der Waals surface area contributed by atoms with Crippen molar-refractivity contribution >= 4 is 5.78 Å². The van der Waals surface area contributed by atoms with Gasteiger partial charge in [-0.05, 0) is 0 Å². The van der Waals surface area contributed by atoms with Gasteiger partial charge in [0.2, 0.25) is 0 Å². The summed E-state index contributed by atoms with van der Waals surface area (Å²) in [4.78, 5) is 10.6. The number of carbonyl (C=O) groups excluding carboxylic acids is 1. The van der Waals surface area contributed by atoms with Gasteiger partial charge in [-0.1, -0.05) is 0 Å². The summed E-state index contributed by atoms with van der Waals surface area (Å²) in [5.41, 5.74) is 0. The van der Waals surface area contributed by atoms with E-state index in [1.54, 1.807) is 0 Å². The summed E-state index contributed by atoms with van der Waals surface area (Å²) in [6.07, 6.45) is -0.428. The van der Waals surface area contributed by atoms with Crippen LogP contribution < -0.4 is 0 Å². The average Bonchev–Trinajstić information content (AvgIpc) is 1.59. The topological polar surface area (TPSA) is 57.5 Å². The third-order valence-electron chi connectivity index (χ3n) is 1.47. The number of Topliss-reactive ketones (excluding diaryl/α,β-unsaturated/α-hetero) is 1. The molecule has 0 heterocycles. The van der Waals surface area contributed by atoms with Crippen molar-refractivity contribution in [2.75, 3.05) is 0 Å². The molecule has 2 N–H and O–H groups in total. The molecule has 1 aliphatic carbocycles. The number of hydrogen-bond acceptors (Lipinski definition) is 3. The maximum Gasteiger partial charge on any atom is 0.138 e. The first-order valence-electron chi connectivity index (χ1n) is 3.06. The molecule has 3 heteroatoms. The Balaban J connectivity index is 2.43. The molecule has 3 nitrogen and oxygen atoms in total. The quantitative estimate of drug-likeness (QED) is 0.463. The number of aliphatic hydroxyl groups excluding tert-OH is 2. The summed E-state index contributed by atoms with van der Waals surface area (Å²) in [6, 6.07) is 0. The lowest BCUT2D eigenvalue weighted by atomic mass is 9.94. The molecule has 2 atom stereocenters. The fraction of sp³-hybridized carbons (Fsp3) is 0.833. The van der Waals surface area contributed by atoms with Crippen molar-refractivity contribution in [1.29, 1.82) is 0 Å². The predicted octanol–water partition coefficient (Wildman–Crippen LogP) is -0.539. The molecule has 0 unspecified atom stereocenters. The summed E-state index contributed by atoms with van der Waals surface area (Å²) < 4.78 is 0. The summed E-state index contributed by atoms with van der Waals surface area (Å²) in [5.74, 6) is -0.0405. The van der Waals surface area contributed by atoms with Crippen LogP contribution in [0.25, 0.3) is 0 Å². The zero-order valence-corrected chi connectivity index (χ0v) is 5.08. The van der Waals surface area contributed by atoms with E-state index in [0.717, 1.165) is 0 Å². The van der Waals surface area contributed by atoms with E-state index in [9.17, 15) is 4.79 Å². The molecule has 0 aromatic heterocycles. The molecule has 52 valence electrons. The van der Waals surface area contributed by atoms with Crippen LogP contribution in [0.2, 0.25) is 0 Å². The Morgan fingerprint density at radius 1 is 1.22 bits per heavy atom. The number of rotatable bonds is 0. The molecule has 0 bridgehead atoms. The van der Waals surface area contributed by atoms with Crippen LogP contribution in [0.4, 0.5) is 0 Å². The highest BCUT2D eigenvalue weighted by Crippen LogP contribution is 2.14. The lowest BCUT2D eigenvalue weighted by Crippen LogP contribution is -2.29. The van der Waals surface area contributed by atoms with Crippen molar-refractivity contribution in [3.63, 3.8) is 0 Å². The molecule has 0 spiro atoms. The monoisotopic (exact) mass is 130 g/mol. The van der Waals surface area contributed by atoms with E-state index in [-0.39, 0.29) is 18.6 Å². The van der Waals surface area contributed by atoms with Gasteiger partial charge < -0.3 is 10.2 Å². The highest BCUT2D eigenvalue weighted by atomic mass is 16.3. The van der Waals surface area contributed by atoms with E-state index >= 15 is 0 Å². The summed E-state index contributed by atoms with van der Waals surface area (Å²) in [6.45, 7) is 0. The fourth-order valence-electron chi connectivity index (χ4n) is 1.09. The molecule has 9 heavy (non-hydrogen) atoms. The molecule has 1 aliphatic rings. The van der Waals surface area contributed by atoms with Crippen molar-refractivity contribution in [2.45, 2.75) is 31.5 Å². The zero-order valence-electron chi connectivity index (χ0n) is 5.08. The van der Waals surface area contributed by atoms with Crippen molar-refractivity contribution in [1.82, 2.24) is 0 Å². The first-order chi connectivity index (χ1) is 4.18. The van der Waals surface area contributed by atoms with E-state index in [4.69, 9.17) is 10.2 Å². The van der Waals surface area contributed by atoms with Crippen LogP contribution in [0, 0.1) is 0 Å². The average molecular weight is 130 g/mol. The van der Waals surface area contributed by atoms with Crippen LogP contribution in [0.15, 0.2) is 0 Å². The predicted molar refractivity (Wildman–Crippen MR) is 30.9 cm³/mol. The van der Waals surface area contributed by atoms with E-state index in [0.29, 0.717) is 6.42 Å². The third kappa shape index (κ3) is 1.77. The SMILES string of the molecule is O=C1C[C@H](O)C[C@@H](O)C1. The van der Waals surface area contributed by atoms with Crippen LogP contribution in [0.5, 0.6) is 0 Å². The molecule has 1 rings (SSSR count). The van der Waals surface area contributed by atoms with Crippen LogP contribution in [-0.4, -0.2) is 28.2 Å². The van der Waals surface area contributed by atoms with Gasteiger partial charge in [0, 0.05) is 19.3 Å². The molecule has 0 saturated heterocycles. The van der Waals surface area contributed by atoms with E-state index in [2.05, 4.69) is 0 Å². The molecule has 1 saturated carbocycles. The summed E-state index contributed by atoms with van der Waals surface area (Å²) in [5, 5.41) is 17.7. The van der Waals surface area contributed by atoms with Crippen LogP contribution >= 0.6 is 0 Å². The maximum absolute atomic E-state index is 10.6. The smallest absolute Gasteiger partial charge is 0.138 e.